The fourth-order valence-corrected chi connectivity index (χ4v) is 7.39. The molecular formula is C42H25N3. The van der Waals surface area contributed by atoms with Gasteiger partial charge in [-0.2, -0.15) is 0 Å². The molecule has 8 aromatic carbocycles. The van der Waals surface area contributed by atoms with Gasteiger partial charge >= 0.3 is 0 Å². The van der Waals surface area contributed by atoms with Gasteiger partial charge in [-0.25, -0.2) is 9.97 Å². The first-order chi connectivity index (χ1) is 22.3. The van der Waals surface area contributed by atoms with Gasteiger partial charge in [-0.3, -0.25) is 0 Å². The molecule has 0 atom stereocenters. The second-order valence-corrected chi connectivity index (χ2v) is 11.8. The lowest BCUT2D eigenvalue weighted by atomic mass is 9.90. The largest absolute Gasteiger partial charge is 0.309 e. The highest BCUT2D eigenvalue weighted by Gasteiger charge is 2.22. The van der Waals surface area contributed by atoms with E-state index in [0.717, 1.165) is 33.5 Å². The topological polar surface area (TPSA) is 30.7 Å². The molecule has 0 aliphatic rings. The monoisotopic (exact) mass is 571 g/mol. The lowest BCUT2D eigenvalue weighted by Gasteiger charge is -2.13. The molecule has 3 heteroatoms. The molecular weight excluding hydrogens is 546 g/mol. The summed E-state index contributed by atoms with van der Waals surface area (Å²) in [6.07, 6.45) is 0. The van der Waals surface area contributed by atoms with E-state index in [9.17, 15) is 0 Å². The van der Waals surface area contributed by atoms with Gasteiger partial charge in [-0.15, -0.1) is 0 Å². The number of rotatable bonds is 3. The van der Waals surface area contributed by atoms with Gasteiger partial charge in [-0.05, 0) is 63.3 Å². The fourth-order valence-electron chi connectivity index (χ4n) is 7.39. The predicted molar refractivity (Wildman–Crippen MR) is 188 cm³/mol. The van der Waals surface area contributed by atoms with Gasteiger partial charge in [-0.1, -0.05) is 115 Å². The smallest absolute Gasteiger partial charge is 0.160 e. The van der Waals surface area contributed by atoms with E-state index < -0.39 is 0 Å². The van der Waals surface area contributed by atoms with E-state index in [0.29, 0.717) is 0 Å². The van der Waals surface area contributed by atoms with Crippen molar-refractivity contribution in [2.75, 3.05) is 0 Å². The zero-order valence-corrected chi connectivity index (χ0v) is 24.3. The molecule has 45 heavy (non-hydrogen) atoms. The zero-order chi connectivity index (χ0) is 29.5. The van der Waals surface area contributed by atoms with Crippen LogP contribution in [0.15, 0.2) is 152 Å². The Morgan fingerprint density at radius 2 is 1.09 bits per heavy atom. The summed E-state index contributed by atoms with van der Waals surface area (Å²) in [5, 5.41) is 11.2. The summed E-state index contributed by atoms with van der Waals surface area (Å²) in [6.45, 7) is 0. The SMILES string of the molecule is c1ccc(-c2nc(-c3ccc4cc5c6c(c4c3)c3ccccc3c3cccc(c36)n5-c3ccccc3)nc3ccccc23)cc1. The Kier molecular flexibility index (Phi) is 5.00. The van der Waals surface area contributed by atoms with E-state index in [1.165, 1.54) is 59.8 Å². The average Bonchev–Trinajstić information content (AvgIpc) is 3.45. The van der Waals surface area contributed by atoms with Crippen molar-refractivity contribution in [1.82, 2.24) is 14.5 Å². The molecule has 2 aromatic heterocycles. The van der Waals surface area contributed by atoms with E-state index in [4.69, 9.17) is 9.97 Å². The first-order valence-electron chi connectivity index (χ1n) is 15.4. The Morgan fingerprint density at radius 3 is 1.93 bits per heavy atom. The van der Waals surface area contributed by atoms with Crippen molar-refractivity contribution in [2.24, 2.45) is 0 Å². The maximum absolute atomic E-state index is 5.20. The van der Waals surface area contributed by atoms with Crippen LogP contribution >= 0.6 is 0 Å². The average molecular weight is 572 g/mol. The number of fused-ring (bicyclic) bond motifs is 6. The van der Waals surface area contributed by atoms with Crippen LogP contribution in [0, 0.1) is 0 Å². The second-order valence-electron chi connectivity index (χ2n) is 11.8. The Balaban J connectivity index is 1.34. The Bertz CT molecular complexity index is 2740. The van der Waals surface area contributed by atoms with E-state index >= 15 is 0 Å². The molecule has 0 unspecified atom stereocenters. The summed E-state index contributed by atoms with van der Waals surface area (Å²) in [6, 6.07) is 54.1. The second kappa shape index (κ2) is 9.22. The Morgan fingerprint density at radius 1 is 0.400 bits per heavy atom. The van der Waals surface area contributed by atoms with Crippen LogP contribution in [-0.4, -0.2) is 14.5 Å². The van der Waals surface area contributed by atoms with Gasteiger partial charge in [0.1, 0.15) is 0 Å². The maximum atomic E-state index is 5.20. The minimum Gasteiger partial charge on any atom is -0.309 e. The Hall–Kier alpha value is -6.06. The summed E-state index contributed by atoms with van der Waals surface area (Å²) in [5.41, 5.74) is 7.61. The highest BCUT2D eigenvalue weighted by atomic mass is 15.0. The molecule has 2 heterocycles. The van der Waals surface area contributed by atoms with Crippen LogP contribution < -0.4 is 0 Å². The van der Waals surface area contributed by atoms with E-state index in [2.05, 4.69) is 144 Å². The number of nitrogens with zero attached hydrogens (tertiary/aromatic N) is 3. The molecule has 0 aliphatic carbocycles. The summed E-state index contributed by atoms with van der Waals surface area (Å²) in [7, 11) is 0. The van der Waals surface area contributed by atoms with Crippen LogP contribution in [0.4, 0.5) is 0 Å². The zero-order valence-electron chi connectivity index (χ0n) is 24.3. The molecule has 0 aliphatic heterocycles. The van der Waals surface area contributed by atoms with E-state index in [1.807, 2.05) is 12.1 Å². The van der Waals surface area contributed by atoms with Crippen LogP contribution in [0.2, 0.25) is 0 Å². The normalized spacial score (nSPS) is 12.0. The highest BCUT2D eigenvalue weighted by molar-refractivity contribution is 6.39. The third-order valence-corrected chi connectivity index (χ3v) is 9.30. The van der Waals surface area contributed by atoms with Crippen molar-refractivity contribution in [1.29, 1.82) is 0 Å². The van der Waals surface area contributed by atoms with Crippen molar-refractivity contribution < 1.29 is 0 Å². The van der Waals surface area contributed by atoms with Crippen LogP contribution in [0.1, 0.15) is 0 Å². The van der Waals surface area contributed by atoms with E-state index in [-0.39, 0.29) is 0 Å². The molecule has 0 N–H and O–H groups in total. The molecule has 10 aromatic rings. The molecule has 3 nitrogen and oxygen atoms in total. The number of hydrogen-bond donors (Lipinski definition) is 0. The molecule has 0 saturated heterocycles. The molecule has 0 spiro atoms. The van der Waals surface area contributed by atoms with Gasteiger partial charge in [0.05, 0.1) is 22.2 Å². The minimum absolute atomic E-state index is 0.734. The summed E-state index contributed by atoms with van der Waals surface area (Å²) < 4.78 is 2.43. The number of benzene rings is 8. The quantitative estimate of drug-likeness (QED) is 0.198. The van der Waals surface area contributed by atoms with Crippen molar-refractivity contribution >= 4 is 65.0 Å². The number of hydrogen-bond acceptors (Lipinski definition) is 2. The molecule has 0 saturated carbocycles. The molecule has 208 valence electrons. The first kappa shape index (κ1) is 24.4. The van der Waals surface area contributed by atoms with Crippen molar-refractivity contribution in [3.63, 3.8) is 0 Å². The summed E-state index contributed by atoms with van der Waals surface area (Å²) >= 11 is 0. The predicted octanol–water partition coefficient (Wildman–Crippen LogP) is 11.0. The van der Waals surface area contributed by atoms with Crippen molar-refractivity contribution in [3.05, 3.63) is 152 Å². The van der Waals surface area contributed by atoms with Crippen molar-refractivity contribution in [2.45, 2.75) is 0 Å². The Labute approximate surface area is 259 Å². The third-order valence-electron chi connectivity index (χ3n) is 9.30. The van der Waals surface area contributed by atoms with Crippen LogP contribution in [0.5, 0.6) is 0 Å². The third kappa shape index (κ3) is 3.46. The van der Waals surface area contributed by atoms with Crippen molar-refractivity contribution in [3.8, 4) is 28.3 Å². The van der Waals surface area contributed by atoms with Gasteiger partial charge in [0.15, 0.2) is 5.82 Å². The molecule has 0 radical (unpaired) electrons. The van der Waals surface area contributed by atoms with Gasteiger partial charge < -0.3 is 4.57 Å². The van der Waals surface area contributed by atoms with Gasteiger partial charge in [0.25, 0.3) is 0 Å². The fraction of sp³-hybridized carbons (Fsp3) is 0. The minimum atomic E-state index is 0.734. The maximum Gasteiger partial charge on any atom is 0.160 e. The summed E-state index contributed by atoms with van der Waals surface area (Å²) in [5.74, 6) is 0.734. The van der Waals surface area contributed by atoms with Crippen LogP contribution in [0.3, 0.4) is 0 Å². The standard InChI is InChI=1S/C42H25N3/c1-3-12-26(13-4-1)41-33-18-9-10-20-35(33)43-42(44-41)28-23-22-27-25-37-40-38(34(27)24-28)31-17-8-7-16-30(31)32-19-11-21-36(39(32)40)45(37)29-14-5-2-6-15-29/h1-25H. The first-order valence-corrected chi connectivity index (χ1v) is 15.4. The lowest BCUT2D eigenvalue weighted by molar-refractivity contribution is 1.18. The molecule has 10 rings (SSSR count). The lowest BCUT2D eigenvalue weighted by Crippen LogP contribution is -1.95. The van der Waals surface area contributed by atoms with Gasteiger partial charge in [0.2, 0.25) is 0 Å². The van der Waals surface area contributed by atoms with Crippen LogP contribution in [0.25, 0.3) is 93.4 Å². The summed E-state index contributed by atoms with van der Waals surface area (Å²) in [4.78, 5) is 10.3. The highest BCUT2D eigenvalue weighted by Crippen LogP contribution is 2.47. The number of aromatic nitrogens is 3. The molecule has 0 fully saturated rings. The molecule has 0 bridgehead atoms. The van der Waals surface area contributed by atoms with Crippen LogP contribution in [-0.2, 0) is 0 Å². The molecule has 0 amide bonds. The number of para-hydroxylation sites is 2. The van der Waals surface area contributed by atoms with Gasteiger partial charge in [0, 0.05) is 38.4 Å². The van der Waals surface area contributed by atoms with E-state index in [1.54, 1.807) is 0 Å².